The van der Waals surface area contributed by atoms with Crippen molar-refractivity contribution in [3.63, 3.8) is 0 Å². The molecule has 218 valence electrons. The second kappa shape index (κ2) is 15.9. The molecule has 0 aromatic carbocycles. The Hall–Kier alpha value is -4.33. The summed E-state index contributed by atoms with van der Waals surface area (Å²) in [4.78, 5) is 37.7. The molecule has 19 heteroatoms. The van der Waals surface area contributed by atoms with Crippen LogP contribution in [0.15, 0.2) is 0 Å². The number of hydrogen-bond acceptors (Lipinski definition) is 19. The Morgan fingerprint density at radius 1 is 0.375 bits per heavy atom. The topological polar surface area (TPSA) is 303 Å². The molecule has 40 heavy (non-hydrogen) atoms. The molecule has 3 aromatic heterocycles. The lowest BCUT2D eigenvalue weighted by Crippen LogP contribution is -2.34. The van der Waals surface area contributed by atoms with E-state index in [1.54, 1.807) is 0 Å². The SMILES string of the molecule is Nc1nc(N)nc(CCOCCN(CCOCCc2nc(N)nc(N)n2)CCOCCc2nc(N)nc(N)n2)n1. The van der Waals surface area contributed by atoms with Gasteiger partial charge in [-0.05, 0) is 0 Å². The van der Waals surface area contributed by atoms with Crippen LogP contribution >= 0.6 is 0 Å². The fourth-order valence-corrected chi connectivity index (χ4v) is 3.42. The van der Waals surface area contributed by atoms with Gasteiger partial charge in [-0.3, -0.25) is 4.90 Å². The van der Waals surface area contributed by atoms with Gasteiger partial charge in [0, 0.05) is 38.9 Å². The Bertz CT molecular complexity index is 996. The van der Waals surface area contributed by atoms with Gasteiger partial charge in [-0.25, -0.2) is 0 Å². The van der Waals surface area contributed by atoms with Crippen LogP contribution in [0.4, 0.5) is 35.7 Å². The van der Waals surface area contributed by atoms with Crippen molar-refractivity contribution in [1.29, 1.82) is 0 Å². The van der Waals surface area contributed by atoms with Gasteiger partial charge in [0.2, 0.25) is 35.7 Å². The van der Waals surface area contributed by atoms with E-state index in [1.165, 1.54) is 0 Å². The van der Waals surface area contributed by atoms with Crippen LogP contribution in [0.1, 0.15) is 17.5 Å². The number of nitrogen functional groups attached to an aromatic ring is 6. The molecule has 3 rings (SSSR count). The predicted molar refractivity (Wildman–Crippen MR) is 146 cm³/mol. The van der Waals surface area contributed by atoms with Crippen LogP contribution in [0.2, 0.25) is 0 Å². The number of rotatable bonds is 18. The van der Waals surface area contributed by atoms with E-state index >= 15 is 0 Å². The predicted octanol–water partition coefficient (Wildman–Crippen LogP) is -2.89. The Morgan fingerprint density at radius 2 is 0.625 bits per heavy atom. The molecule has 0 aliphatic heterocycles. The Morgan fingerprint density at radius 3 is 0.875 bits per heavy atom. The zero-order valence-electron chi connectivity index (χ0n) is 22.1. The average molecular weight is 561 g/mol. The summed E-state index contributed by atoms with van der Waals surface area (Å²) in [6, 6.07) is 0. The van der Waals surface area contributed by atoms with Crippen LogP contribution < -0.4 is 34.4 Å². The van der Waals surface area contributed by atoms with Gasteiger partial charge in [0.05, 0.1) is 39.6 Å². The number of nitrogens with zero attached hydrogens (tertiary/aromatic N) is 10. The van der Waals surface area contributed by atoms with E-state index in [9.17, 15) is 0 Å². The first-order chi connectivity index (χ1) is 19.3. The summed E-state index contributed by atoms with van der Waals surface area (Å²) in [5.41, 5.74) is 33.6. The summed E-state index contributed by atoms with van der Waals surface area (Å²) >= 11 is 0. The third kappa shape index (κ3) is 11.6. The molecule has 0 aliphatic carbocycles. The minimum absolute atomic E-state index is 0.0820. The summed E-state index contributed by atoms with van der Waals surface area (Å²) in [5.74, 6) is 1.93. The largest absolute Gasteiger partial charge is 0.380 e. The summed E-state index contributed by atoms with van der Waals surface area (Å²) < 4.78 is 17.3. The van der Waals surface area contributed by atoms with Crippen LogP contribution in [-0.2, 0) is 33.5 Å². The molecule has 3 heterocycles. The first kappa shape index (κ1) is 30.2. The van der Waals surface area contributed by atoms with Crippen molar-refractivity contribution >= 4 is 35.7 Å². The summed E-state index contributed by atoms with van der Waals surface area (Å²) in [6.45, 7) is 4.58. The highest BCUT2D eigenvalue weighted by molar-refractivity contribution is 5.27. The highest BCUT2D eigenvalue weighted by atomic mass is 16.5. The van der Waals surface area contributed by atoms with Crippen molar-refractivity contribution in [2.75, 3.05) is 93.7 Å². The quantitative estimate of drug-likeness (QED) is 0.0850. The molecule has 0 saturated heterocycles. The molecule has 0 amide bonds. The molecule has 12 N–H and O–H groups in total. The van der Waals surface area contributed by atoms with Crippen molar-refractivity contribution in [3.8, 4) is 0 Å². The van der Waals surface area contributed by atoms with Gasteiger partial charge in [-0.2, -0.15) is 44.9 Å². The van der Waals surface area contributed by atoms with Crippen LogP contribution in [0.25, 0.3) is 0 Å². The van der Waals surface area contributed by atoms with Gasteiger partial charge in [0.1, 0.15) is 17.5 Å². The Labute approximate surface area is 230 Å². The zero-order chi connectivity index (χ0) is 28.7. The first-order valence-corrected chi connectivity index (χ1v) is 12.5. The van der Waals surface area contributed by atoms with Crippen molar-refractivity contribution in [3.05, 3.63) is 17.5 Å². The molecular formula is C21H36N16O3. The smallest absolute Gasteiger partial charge is 0.225 e. The Kier molecular flexibility index (Phi) is 12.0. The normalized spacial score (nSPS) is 11.3. The van der Waals surface area contributed by atoms with Gasteiger partial charge >= 0.3 is 0 Å². The van der Waals surface area contributed by atoms with E-state index in [-0.39, 0.29) is 35.7 Å². The molecule has 0 unspecified atom stereocenters. The lowest BCUT2D eigenvalue weighted by Gasteiger charge is -2.22. The van der Waals surface area contributed by atoms with E-state index in [0.29, 0.717) is 96.0 Å². The van der Waals surface area contributed by atoms with Gasteiger partial charge in [-0.15, -0.1) is 0 Å². The van der Waals surface area contributed by atoms with Gasteiger partial charge in [-0.1, -0.05) is 0 Å². The first-order valence-electron chi connectivity index (χ1n) is 12.5. The molecule has 0 saturated carbocycles. The maximum Gasteiger partial charge on any atom is 0.225 e. The van der Waals surface area contributed by atoms with Crippen LogP contribution in [0.3, 0.4) is 0 Å². The number of hydrogen-bond donors (Lipinski definition) is 6. The summed E-state index contributed by atoms with van der Waals surface area (Å²) in [6.07, 6.45) is 1.38. The molecule has 3 aromatic rings. The second-order valence-electron chi connectivity index (χ2n) is 8.33. The average Bonchev–Trinajstić information content (AvgIpc) is 2.86. The van der Waals surface area contributed by atoms with Crippen LogP contribution in [-0.4, -0.2) is 109 Å². The monoisotopic (exact) mass is 560 g/mol. The molecular weight excluding hydrogens is 524 g/mol. The fourth-order valence-electron chi connectivity index (χ4n) is 3.42. The number of anilines is 6. The lowest BCUT2D eigenvalue weighted by molar-refractivity contribution is 0.0539. The van der Waals surface area contributed by atoms with Crippen molar-refractivity contribution in [1.82, 2.24) is 49.8 Å². The number of aromatic nitrogens is 9. The van der Waals surface area contributed by atoms with E-state index in [4.69, 9.17) is 48.6 Å². The molecule has 0 aliphatic rings. The van der Waals surface area contributed by atoms with Crippen molar-refractivity contribution in [2.24, 2.45) is 0 Å². The van der Waals surface area contributed by atoms with Gasteiger partial charge in [0.25, 0.3) is 0 Å². The van der Waals surface area contributed by atoms with Crippen LogP contribution in [0, 0.1) is 0 Å². The van der Waals surface area contributed by atoms with E-state index in [2.05, 4.69) is 49.8 Å². The minimum atomic E-state index is 0.0820. The third-order valence-corrected chi connectivity index (χ3v) is 5.21. The number of ether oxygens (including phenoxy) is 3. The minimum Gasteiger partial charge on any atom is -0.380 e. The Balaban J connectivity index is 1.38. The third-order valence-electron chi connectivity index (χ3n) is 5.21. The van der Waals surface area contributed by atoms with E-state index < -0.39 is 0 Å². The van der Waals surface area contributed by atoms with E-state index in [1.807, 2.05) is 0 Å². The molecule has 19 nitrogen and oxygen atoms in total. The fraction of sp³-hybridized carbons (Fsp3) is 0.571. The van der Waals surface area contributed by atoms with Gasteiger partial charge < -0.3 is 48.6 Å². The maximum atomic E-state index is 5.77. The zero-order valence-corrected chi connectivity index (χ0v) is 22.1. The van der Waals surface area contributed by atoms with Crippen molar-refractivity contribution < 1.29 is 14.2 Å². The molecule has 0 atom stereocenters. The molecule has 0 spiro atoms. The highest BCUT2D eigenvalue weighted by Gasteiger charge is 2.08. The van der Waals surface area contributed by atoms with Crippen molar-refractivity contribution in [2.45, 2.75) is 19.3 Å². The summed E-state index contributed by atoms with van der Waals surface area (Å²) in [7, 11) is 0. The van der Waals surface area contributed by atoms with Crippen LogP contribution in [0.5, 0.6) is 0 Å². The number of nitrogens with two attached hydrogens (primary N) is 6. The molecule has 0 bridgehead atoms. The summed E-state index contributed by atoms with van der Waals surface area (Å²) in [5, 5.41) is 0. The molecule has 0 fully saturated rings. The molecule has 0 radical (unpaired) electrons. The van der Waals surface area contributed by atoms with E-state index in [0.717, 1.165) is 0 Å². The second-order valence-corrected chi connectivity index (χ2v) is 8.33. The standard InChI is InChI=1S/C21H36N16O3/c22-16-28-13(29-17(23)34-16)1-7-38-10-4-37(5-11-39-8-2-14-30-18(24)35-19(25)31-14)6-12-40-9-3-15-32-20(26)36-21(27)33-15/h1-12H2,(H4,22,23,28,29,34)(H4,24,25,30,31,35)(H4,26,27,32,33,36). The lowest BCUT2D eigenvalue weighted by atomic mass is 10.4. The highest BCUT2D eigenvalue weighted by Crippen LogP contribution is 2.02. The van der Waals surface area contributed by atoms with Gasteiger partial charge in [0.15, 0.2) is 0 Å². The maximum absolute atomic E-state index is 5.77.